The molecule has 1 aromatic heterocycles. The van der Waals surface area contributed by atoms with Crippen LogP contribution in [0.5, 0.6) is 0 Å². The molecule has 1 aliphatic rings. The van der Waals surface area contributed by atoms with Gasteiger partial charge in [0, 0.05) is 70.1 Å². The van der Waals surface area contributed by atoms with Crippen LogP contribution in [0.1, 0.15) is 76.0 Å². The summed E-state index contributed by atoms with van der Waals surface area (Å²) < 4.78 is 66.4. The van der Waals surface area contributed by atoms with E-state index in [0.29, 0.717) is 24.9 Å². The molecule has 0 aliphatic carbocycles. The molecule has 17 heteroatoms. The van der Waals surface area contributed by atoms with Crippen LogP contribution >= 0.6 is 11.6 Å². The first kappa shape index (κ1) is 39.4. The maximum absolute atomic E-state index is 14.5. The second-order valence-electron chi connectivity index (χ2n) is 12.3. The molecule has 48 heavy (non-hydrogen) atoms. The number of piperidine rings is 1. The normalized spacial score (nSPS) is 16.3. The first-order valence-corrected chi connectivity index (χ1v) is 17.7. The maximum atomic E-state index is 14.5. The van der Waals surface area contributed by atoms with E-state index in [0.717, 1.165) is 8.39 Å². The quantitative estimate of drug-likeness (QED) is 0.259. The van der Waals surface area contributed by atoms with Crippen LogP contribution in [0.15, 0.2) is 18.2 Å². The lowest BCUT2D eigenvalue weighted by Crippen LogP contribution is -2.50. The summed E-state index contributed by atoms with van der Waals surface area (Å²) in [6.45, 7) is 11.8. The van der Waals surface area contributed by atoms with Crippen LogP contribution in [-0.4, -0.2) is 105 Å². The summed E-state index contributed by atoms with van der Waals surface area (Å²) in [5.74, 6) is -1.28. The lowest BCUT2D eigenvalue weighted by atomic mass is 10.0. The molecule has 2 N–H and O–H groups in total. The Morgan fingerprint density at radius 1 is 1.12 bits per heavy atom. The molecule has 1 unspecified atom stereocenters. The van der Waals surface area contributed by atoms with E-state index in [1.165, 1.54) is 32.3 Å². The van der Waals surface area contributed by atoms with Gasteiger partial charge in [-0.15, -0.1) is 9.19 Å². The van der Waals surface area contributed by atoms with Crippen LogP contribution in [0.4, 0.5) is 15.0 Å². The molecule has 0 bridgehead atoms. The molecule has 2 atom stereocenters. The zero-order valence-corrected chi connectivity index (χ0v) is 30.4. The van der Waals surface area contributed by atoms with Crippen LogP contribution in [0, 0.1) is 5.82 Å². The van der Waals surface area contributed by atoms with Gasteiger partial charge in [-0.05, 0) is 78.1 Å². The third-order valence-corrected chi connectivity index (χ3v) is 9.15. The summed E-state index contributed by atoms with van der Waals surface area (Å²) in [5, 5.41) is 10.2. The van der Waals surface area contributed by atoms with Gasteiger partial charge in [0.25, 0.3) is 5.91 Å². The molecule has 1 saturated heterocycles. The van der Waals surface area contributed by atoms with Crippen LogP contribution in [0.2, 0.25) is 5.02 Å². The minimum atomic E-state index is -4.32. The van der Waals surface area contributed by atoms with Crippen molar-refractivity contribution in [2.24, 2.45) is 0 Å². The Hall–Kier alpha value is -3.02. The van der Waals surface area contributed by atoms with E-state index in [2.05, 4.69) is 15.7 Å². The molecule has 2 amide bonds. The average molecular weight is 719 g/mol. The molecule has 0 saturated carbocycles. The highest BCUT2D eigenvalue weighted by Crippen LogP contribution is 2.33. The summed E-state index contributed by atoms with van der Waals surface area (Å²) in [6.07, 6.45) is -1.67. The van der Waals surface area contributed by atoms with Crippen molar-refractivity contribution in [1.82, 2.24) is 24.1 Å². The Morgan fingerprint density at radius 3 is 2.35 bits per heavy atom. The monoisotopic (exact) mass is 718 g/mol. The number of amides is 2. The summed E-state index contributed by atoms with van der Waals surface area (Å²) in [7, 11) is -1.64. The summed E-state index contributed by atoms with van der Waals surface area (Å²) in [4.78, 5) is 28.5. The van der Waals surface area contributed by atoms with Gasteiger partial charge in [-0.3, -0.25) is 4.79 Å². The standard InChI is InChI=1S/C31H48ClFN6O8S/c1-9-44-27(29(45-10-2)46-11-3)35-26(40)25-23(18-20-17-21(33)14-15-24(20)32)28(39(36-25)48(42,43)37(7)8)38-16-12-13-22(19-38)34-30(41)47-31(4,5)6/h14-15,17,22,27,29H,9-13,16,18-19H2,1-8H3,(H,34,41)(H,35,40)/t22-,27?/m1/s1. The number of carbonyl (C=O) groups is 2. The Morgan fingerprint density at radius 2 is 1.77 bits per heavy atom. The van der Waals surface area contributed by atoms with Crippen molar-refractivity contribution < 1.29 is 41.3 Å². The number of halogens is 2. The molecule has 2 heterocycles. The zero-order valence-electron chi connectivity index (χ0n) is 28.8. The first-order valence-electron chi connectivity index (χ1n) is 15.9. The van der Waals surface area contributed by atoms with Gasteiger partial charge in [0.15, 0.2) is 11.9 Å². The molecule has 0 spiro atoms. The summed E-state index contributed by atoms with van der Waals surface area (Å²) in [5.41, 5.74) is -0.506. The van der Waals surface area contributed by atoms with Crippen molar-refractivity contribution in [3.8, 4) is 0 Å². The molecule has 1 aliphatic heterocycles. The largest absolute Gasteiger partial charge is 0.444 e. The number of alkyl carbamates (subject to hydrolysis) is 1. The topological polar surface area (TPSA) is 154 Å². The summed E-state index contributed by atoms with van der Waals surface area (Å²) >= 11 is 6.48. The molecule has 270 valence electrons. The molecule has 3 rings (SSSR count). The molecular weight excluding hydrogens is 671 g/mol. The van der Waals surface area contributed by atoms with Crippen LogP contribution in [0.3, 0.4) is 0 Å². The molecule has 1 aromatic carbocycles. The highest BCUT2D eigenvalue weighted by atomic mass is 35.5. The van der Waals surface area contributed by atoms with Gasteiger partial charge in [0.1, 0.15) is 17.2 Å². The number of nitrogens with zero attached hydrogens (tertiary/aromatic N) is 4. The summed E-state index contributed by atoms with van der Waals surface area (Å²) in [6, 6.07) is 3.38. The number of hydrogen-bond donors (Lipinski definition) is 2. The smallest absolute Gasteiger partial charge is 0.407 e. The fraction of sp³-hybridized carbons (Fsp3) is 0.645. The van der Waals surface area contributed by atoms with Gasteiger partial charge in [-0.2, -0.15) is 12.7 Å². The van der Waals surface area contributed by atoms with Gasteiger partial charge < -0.3 is 34.5 Å². The van der Waals surface area contributed by atoms with Gasteiger partial charge in [-0.1, -0.05) is 11.6 Å². The van der Waals surface area contributed by atoms with E-state index in [4.69, 9.17) is 30.5 Å². The number of carbonyl (C=O) groups excluding carboxylic acids is 2. The number of rotatable bonds is 15. The first-order chi connectivity index (χ1) is 22.5. The second kappa shape index (κ2) is 17.1. The zero-order chi connectivity index (χ0) is 35.8. The van der Waals surface area contributed by atoms with Gasteiger partial charge in [0.05, 0.1) is 0 Å². The van der Waals surface area contributed by atoms with Crippen LogP contribution in [0.25, 0.3) is 0 Å². The number of ether oxygens (including phenoxy) is 4. The third-order valence-electron chi connectivity index (χ3n) is 7.17. The minimum absolute atomic E-state index is 0.0731. The van der Waals surface area contributed by atoms with Crippen molar-refractivity contribution in [3.63, 3.8) is 0 Å². The predicted octanol–water partition coefficient (Wildman–Crippen LogP) is 3.91. The molecule has 14 nitrogen and oxygen atoms in total. The number of anilines is 1. The van der Waals surface area contributed by atoms with Gasteiger partial charge in [0.2, 0.25) is 6.29 Å². The van der Waals surface area contributed by atoms with E-state index in [1.807, 2.05) is 0 Å². The van der Waals surface area contributed by atoms with Crippen molar-refractivity contribution in [2.75, 3.05) is 51.9 Å². The lowest BCUT2D eigenvalue weighted by molar-refractivity contribution is -0.207. The number of nitrogens with one attached hydrogen (secondary N) is 2. The Bertz CT molecular complexity index is 1510. The number of aromatic nitrogens is 2. The van der Waals surface area contributed by atoms with Crippen LogP contribution in [-0.2, 0) is 35.6 Å². The van der Waals surface area contributed by atoms with E-state index < -0.39 is 52.2 Å². The number of hydrogen-bond acceptors (Lipinski definition) is 10. The highest BCUT2D eigenvalue weighted by molar-refractivity contribution is 7.87. The second-order valence-corrected chi connectivity index (χ2v) is 14.6. The van der Waals surface area contributed by atoms with E-state index in [9.17, 15) is 22.4 Å². The van der Waals surface area contributed by atoms with E-state index in [1.54, 1.807) is 46.4 Å². The van der Waals surface area contributed by atoms with E-state index in [-0.39, 0.29) is 54.9 Å². The van der Waals surface area contributed by atoms with Crippen molar-refractivity contribution in [1.29, 1.82) is 0 Å². The third kappa shape index (κ3) is 10.2. The number of benzene rings is 1. The fourth-order valence-corrected chi connectivity index (χ4v) is 6.26. The predicted molar refractivity (Wildman–Crippen MR) is 179 cm³/mol. The minimum Gasteiger partial charge on any atom is -0.444 e. The maximum Gasteiger partial charge on any atom is 0.407 e. The lowest BCUT2D eigenvalue weighted by Gasteiger charge is -2.35. The fourth-order valence-electron chi connectivity index (χ4n) is 5.14. The van der Waals surface area contributed by atoms with Crippen molar-refractivity contribution >= 4 is 39.6 Å². The van der Waals surface area contributed by atoms with Crippen molar-refractivity contribution in [2.45, 2.75) is 85.0 Å². The average Bonchev–Trinajstić information content (AvgIpc) is 3.37. The molecular formula is C31H48ClFN6O8S. The highest BCUT2D eigenvalue weighted by Gasteiger charge is 2.37. The SMILES string of the molecule is CCOC(NC(=O)c1nn(S(=O)(=O)N(C)C)c(N2CCC[C@@H](NC(=O)OC(C)(C)C)C2)c1Cc1cc(F)ccc1Cl)C(OCC)OCC. The van der Waals surface area contributed by atoms with Crippen molar-refractivity contribution in [3.05, 3.63) is 45.9 Å². The van der Waals surface area contributed by atoms with E-state index >= 15 is 0 Å². The Labute approximate surface area is 287 Å². The Balaban J connectivity index is 2.20. The van der Waals surface area contributed by atoms with Crippen LogP contribution < -0.4 is 15.5 Å². The van der Waals surface area contributed by atoms with Gasteiger partial charge >= 0.3 is 16.3 Å². The molecule has 2 aromatic rings. The molecule has 0 radical (unpaired) electrons. The Kier molecular flexibility index (Phi) is 14.0. The molecule has 1 fully saturated rings. The van der Waals surface area contributed by atoms with Gasteiger partial charge in [-0.25, -0.2) is 9.18 Å².